The average molecular weight is 549 g/mol. The number of nitrogens with zero attached hydrogens (tertiary/aromatic N) is 4. The predicted molar refractivity (Wildman–Crippen MR) is 135 cm³/mol. The van der Waals surface area contributed by atoms with Crippen molar-refractivity contribution in [3.05, 3.63) is 72.2 Å². The van der Waals surface area contributed by atoms with Crippen LogP contribution in [0.4, 0.5) is 5.82 Å². The first-order valence-corrected chi connectivity index (χ1v) is 13.5. The molecule has 3 aromatic heterocycles. The second-order valence-corrected chi connectivity index (χ2v) is 9.83. The Hall–Kier alpha value is -3.39. The van der Waals surface area contributed by atoms with Gasteiger partial charge in [0, 0.05) is 22.3 Å². The highest BCUT2D eigenvalue weighted by molar-refractivity contribution is 7.98. The molecule has 0 spiro atoms. The topological polar surface area (TPSA) is 141 Å². The van der Waals surface area contributed by atoms with E-state index in [4.69, 9.17) is 25.5 Å². The van der Waals surface area contributed by atoms with E-state index in [0.717, 1.165) is 4.90 Å². The number of benzene rings is 1. The maximum Gasteiger partial charge on any atom is 0.316 e. The van der Waals surface area contributed by atoms with E-state index >= 15 is 0 Å². The summed E-state index contributed by atoms with van der Waals surface area (Å²) in [5.41, 5.74) is 0.925. The number of aromatic nitrogens is 4. The van der Waals surface area contributed by atoms with Gasteiger partial charge in [-0.3, -0.25) is 4.72 Å². The molecule has 4 rings (SSSR count). The van der Waals surface area contributed by atoms with Gasteiger partial charge in [0.15, 0.2) is 5.82 Å². The number of nitrogens with one attached hydrogen (secondary N) is 2. The quantitative estimate of drug-likeness (QED) is 0.198. The maximum atomic E-state index is 12.7. The van der Waals surface area contributed by atoms with Gasteiger partial charge in [-0.2, -0.15) is 13.1 Å². The molecule has 1 aromatic carbocycles. The van der Waals surface area contributed by atoms with Gasteiger partial charge in [-0.25, -0.2) is 19.9 Å². The molecule has 188 valence electrons. The van der Waals surface area contributed by atoms with Crippen LogP contribution in [0.2, 0.25) is 5.02 Å². The van der Waals surface area contributed by atoms with Crippen LogP contribution in [0, 0.1) is 0 Å². The number of halogens is 1. The van der Waals surface area contributed by atoms with Crippen molar-refractivity contribution >= 4 is 39.4 Å². The summed E-state index contributed by atoms with van der Waals surface area (Å²) in [7, 11) is -4.01. The minimum absolute atomic E-state index is 0.0196. The number of anilines is 1. The molecular weight excluding hydrogens is 528 g/mol. The third-order valence-corrected chi connectivity index (χ3v) is 6.51. The van der Waals surface area contributed by atoms with Crippen molar-refractivity contribution in [2.45, 2.75) is 11.4 Å². The number of hydrogen-bond acceptors (Lipinski definition) is 10. The molecule has 0 unspecified atom stereocenters. The molecule has 0 aliphatic heterocycles. The zero-order valence-electron chi connectivity index (χ0n) is 18.9. The average Bonchev–Trinajstić information content (AvgIpc) is 3.40. The maximum absolute atomic E-state index is 12.7. The fourth-order valence-electron chi connectivity index (χ4n) is 2.93. The lowest BCUT2D eigenvalue weighted by molar-refractivity contribution is 0.201. The van der Waals surface area contributed by atoms with E-state index in [1.165, 1.54) is 24.4 Å². The molecule has 0 bridgehead atoms. The van der Waals surface area contributed by atoms with Crippen LogP contribution in [-0.2, 0) is 16.8 Å². The highest BCUT2D eigenvalue weighted by atomic mass is 35.5. The molecule has 3 heterocycles. The number of thioether (sulfide) groups is 1. The van der Waals surface area contributed by atoms with Gasteiger partial charge in [0.05, 0.1) is 18.4 Å². The summed E-state index contributed by atoms with van der Waals surface area (Å²) in [6.45, 7) is 0.187. The Balaban J connectivity index is 1.50. The summed E-state index contributed by atoms with van der Waals surface area (Å²) in [5.74, 6) is 0.626. The first-order valence-electron chi connectivity index (χ1n) is 10.5. The van der Waals surface area contributed by atoms with Crippen LogP contribution in [0.1, 0.15) is 5.76 Å². The molecular formula is C22H21ClN6O5S2. The Morgan fingerprint density at radius 1 is 1.03 bits per heavy atom. The molecule has 0 fully saturated rings. The van der Waals surface area contributed by atoms with Crippen LogP contribution in [0.25, 0.3) is 11.1 Å². The summed E-state index contributed by atoms with van der Waals surface area (Å²) in [6.07, 6.45) is 7.91. The Labute approximate surface area is 216 Å². The van der Waals surface area contributed by atoms with E-state index in [-0.39, 0.29) is 37.5 Å². The fraction of sp³-hybridized carbons (Fsp3) is 0.182. The Morgan fingerprint density at radius 3 is 2.47 bits per heavy atom. The lowest BCUT2D eigenvalue weighted by Gasteiger charge is -2.15. The predicted octanol–water partition coefficient (Wildman–Crippen LogP) is 3.81. The number of ether oxygens (including phenoxy) is 2. The van der Waals surface area contributed by atoms with Crippen molar-refractivity contribution in [3.63, 3.8) is 0 Å². The van der Waals surface area contributed by atoms with Gasteiger partial charge in [-0.05, 0) is 36.1 Å². The van der Waals surface area contributed by atoms with Crippen molar-refractivity contribution in [3.8, 4) is 23.0 Å². The summed E-state index contributed by atoms with van der Waals surface area (Å²) >= 11 is 7.56. The van der Waals surface area contributed by atoms with Crippen LogP contribution >= 0.6 is 23.4 Å². The lowest BCUT2D eigenvalue weighted by Crippen LogP contribution is -2.30. The minimum Gasteiger partial charge on any atom is -0.473 e. The van der Waals surface area contributed by atoms with E-state index in [0.29, 0.717) is 21.9 Å². The van der Waals surface area contributed by atoms with Crippen molar-refractivity contribution in [2.24, 2.45) is 0 Å². The molecule has 0 aliphatic rings. The summed E-state index contributed by atoms with van der Waals surface area (Å²) in [5, 5.41) is 0.515. The molecule has 0 amide bonds. The molecule has 0 aliphatic carbocycles. The SMILES string of the molecule is CSc1cnc(OCCOc2ncnc(NS(=O)(=O)NCc3ccco3)c2-c2ccc(Cl)cc2)nc1. The smallest absolute Gasteiger partial charge is 0.316 e. The summed E-state index contributed by atoms with van der Waals surface area (Å²) in [4.78, 5) is 17.5. The first-order chi connectivity index (χ1) is 17.4. The van der Waals surface area contributed by atoms with Crippen molar-refractivity contribution in [1.82, 2.24) is 24.7 Å². The molecule has 36 heavy (non-hydrogen) atoms. The molecule has 14 heteroatoms. The molecule has 0 saturated carbocycles. The Kier molecular flexibility index (Phi) is 8.59. The number of rotatable bonds is 12. The largest absolute Gasteiger partial charge is 0.473 e. The van der Waals surface area contributed by atoms with Crippen LogP contribution in [0.3, 0.4) is 0 Å². The van der Waals surface area contributed by atoms with Gasteiger partial charge in [0.2, 0.25) is 5.88 Å². The fourth-order valence-corrected chi connectivity index (χ4v) is 4.19. The van der Waals surface area contributed by atoms with Crippen LogP contribution in [-0.4, -0.2) is 47.8 Å². The van der Waals surface area contributed by atoms with Crippen molar-refractivity contribution < 1.29 is 22.3 Å². The monoisotopic (exact) mass is 548 g/mol. The third-order valence-electron chi connectivity index (χ3n) is 4.59. The number of furan rings is 1. The van der Waals surface area contributed by atoms with Gasteiger partial charge in [0.1, 0.15) is 25.3 Å². The molecule has 11 nitrogen and oxygen atoms in total. The van der Waals surface area contributed by atoms with E-state index in [9.17, 15) is 8.42 Å². The molecule has 4 aromatic rings. The van der Waals surface area contributed by atoms with E-state index in [1.54, 1.807) is 48.8 Å². The van der Waals surface area contributed by atoms with Gasteiger partial charge >= 0.3 is 16.2 Å². The first kappa shape index (κ1) is 25.7. The highest BCUT2D eigenvalue weighted by Crippen LogP contribution is 2.34. The van der Waals surface area contributed by atoms with Gasteiger partial charge in [-0.15, -0.1) is 11.8 Å². The van der Waals surface area contributed by atoms with Crippen LogP contribution < -0.4 is 18.9 Å². The number of hydrogen-bond donors (Lipinski definition) is 2. The second kappa shape index (κ2) is 12.0. The molecule has 2 N–H and O–H groups in total. The third kappa shape index (κ3) is 7.07. The van der Waals surface area contributed by atoms with Crippen LogP contribution in [0.15, 0.2) is 70.7 Å². The van der Waals surface area contributed by atoms with Crippen LogP contribution in [0.5, 0.6) is 11.9 Å². The molecule has 0 atom stereocenters. The Bertz CT molecular complexity index is 1370. The zero-order valence-corrected chi connectivity index (χ0v) is 21.3. The van der Waals surface area contributed by atoms with Gasteiger partial charge in [-0.1, -0.05) is 23.7 Å². The standard InChI is InChI=1S/C22H21ClN6O5S2/c1-35-18-12-24-22(25-13-18)34-10-9-33-21-19(15-4-6-16(23)7-5-15)20(26-14-27-21)29-36(30,31)28-11-17-3-2-8-32-17/h2-8,12-14,28H,9-11H2,1H3,(H,26,27,29). The van der Waals surface area contributed by atoms with Crippen molar-refractivity contribution in [2.75, 3.05) is 24.2 Å². The Morgan fingerprint density at radius 2 is 1.78 bits per heavy atom. The normalized spacial score (nSPS) is 11.3. The molecule has 0 saturated heterocycles. The highest BCUT2D eigenvalue weighted by Gasteiger charge is 2.20. The summed E-state index contributed by atoms with van der Waals surface area (Å²) < 4.78 is 46.7. The van der Waals surface area contributed by atoms with Gasteiger partial charge in [0.25, 0.3) is 0 Å². The zero-order chi connectivity index (χ0) is 25.4. The van der Waals surface area contributed by atoms with E-state index in [2.05, 4.69) is 29.4 Å². The summed E-state index contributed by atoms with van der Waals surface area (Å²) in [6, 6.07) is 10.3. The molecule has 0 radical (unpaired) electrons. The van der Waals surface area contributed by atoms with Crippen molar-refractivity contribution in [1.29, 1.82) is 0 Å². The van der Waals surface area contributed by atoms with Gasteiger partial charge < -0.3 is 13.9 Å². The van der Waals surface area contributed by atoms with E-state index < -0.39 is 10.2 Å². The lowest BCUT2D eigenvalue weighted by atomic mass is 10.1. The van der Waals surface area contributed by atoms with E-state index in [1.807, 2.05) is 6.26 Å². The minimum atomic E-state index is -4.01. The second-order valence-electron chi connectivity index (χ2n) is 7.02.